The van der Waals surface area contributed by atoms with Crippen LogP contribution in [0.3, 0.4) is 0 Å². The van der Waals surface area contributed by atoms with Crippen molar-refractivity contribution in [1.29, 1.82) is 0 Å². The predicted octanol–water partition coefficient (Wildman–Crippen LogP) is 1.97. The summed E-state index contributed by atoms with van der Waals surface area (Å²) in [6.07, 6.45) is 2.12. The molecule has 2 aromatic rings. The first-order valence-electron chi connectivity index (χ1n) is 5.55. The second kappa shape index (κ2) is 4.40. The van der Waals surface area contributed by atoms with Gasteiger partial charge in [0.25, 0.3) is 5.95 Å². The zero-order valence-electron chi connectivity index (χ0n) is 9.38. The van der Waals surface area contributed by atoms with Gasteiger partial charge in [0.05, 0.1) is 5.02 Å². The topological polar surface area (TPSA) is 50.5 Å². The molecule has 0 bridgehead atoms. The van der Waals surface area contributed by atoms with Gasteiger partial charge in [-0.1, -0.05) is 11.6 Å². The number of alkyl halides is 1. The third-order valence-corrected chi connectivity index (χ3v) is 3.61. The summed E-state index contributed by atoms with van der Waals surface area (Å²) in [4.78, 5) is 17.7. The SMILES string of the molecule is O=C1CC(CCl)CN1c1nc2ccc(Cl)cn2n1. The molecule has 1 fully saturated rings. The Morgan fingerprint density at radius 3 is 3.00 bits per heavy atom. The summed E-state index contributed by atoms with van der Waals surface area (Å²) in [6, 6.07) is 3.50. The van der Waals surface area contributed by atoms with E-state index in [0.717, 1.165) is 0 Å². The smallest absolute Gasteiger partial charge is 0.252 e. The summed E-state index contributed by atoms with van der Waals surface area (Å²) in [5, 5.41) is 4.83. The van der Waals surface area contributed by atoms with E-state index >= 15 is 0 Å². The van der Waals surface area contributed by atoms with E-state index in [2.05, 4.69) is 10.1 Å². The largest absolute Gasteiger partial charge is 0.279 e. The molecular formula is C11H10Cl2N4O. The summed E-state index contributed by atoms with van der Waals surface area (Å²) in [6.45, 7) is 0.576. The highest BCUT2D eigenvalue weighted by Gasteiger charge is 2.32. The van der Waals surface area contributed by atoms with Gasteiger partial charge in [-0.25, -0.2) is 4.52 Å². The average molecular weight is 285 g/mol. The molecule has 1 unspecified atom stereocenters. The van der Waals surface area contributed by atoms with Crippen molar-refractivity contribution in [3.63, 3.8) is 0 Å². The van der Waals surface area contributed by atoms with Gasteiger partial charge >= 0.3 is 0 Å². The molecule has 2 aromatic heterocycles. The molecule has 0 radical (unpaired) electrons. The van der Waals surface area contributed by atoms with Crippen molar-refractivity contribution in [3.8, 4) is 0 Å². The summed E-state index contributed by atoms with van der Waals surface area (Å²) in [5.74, 6) is 1.08. The quantitative estimate of drug-likeness (QED) is 0.793. The number of hydrogen-bond acceptors (Lipinski definition) is 3. The van der Waals surface area contributed by atoms with Gasteiger partial charge in [-0.05, 0) is 18.1 Å². The first kappa shape index (κ1) is 11.7. The third kappa shape index (κ3) is 1.93. The number of hydrogen-bond donors (Lipinski definition) is 0. The van der Waals surface area contributed by atoms with Crippen molar-refractivity contribution in [2.45, 2.75) is 6.42 Å². The number of nitrogens with zero attached hydrogens (tertiary/aromatic N) is 4. The van der Waals surface area contributed by atoms with Gasteiger partial charge in [0.1, 0.15) is 0 Å². The number of amides is 1. The van der Waals surface area contributed by atoms with Gasteiger partial charge in [0.2, 0.25) is 5.91 Å². The number of carbonyl (C=O) groups excluding carboxylic acids is 1. The molecule has 0 spiro atoms. The summed E-state index contributed by atoms with van der Waals surface area (Å²) >= 11 is 11.7. The molecule has 1 saturated heterocycles. The number of halogens is 2. The van der Waals surface area contributed by atoms with Crippen molar-refractivity contribution in [2.24, 2.45) is 5.92 Å². The lowest BCUT2D eigenvalue weighted by atomic mass is 10.2. The standard InChI is InChI=1S/C11H10Cl2N4O/c12-4-7-3-10(18)16(5-7)11-14-9-2-1-8(13)6-17(9)15-11/h1-2,6-7H,3-5H2. The second-order valence-corrected chi connectivity index (χ2v) is 5.04. The van der Waals surface area contributed by atoms with Crippen molar-refractivity contribution < 1.29 is 4.79 Å². The van der Waals surface area contributed by atoms with E-state index in [4.69, 9.17) is 23.2 Å². The van der Waals surface area contributed by atoms with Gasteiger partial charge in [-0.15, -0.1) is 16.7 Å². The van der Waals surface area contributed by atoms with Crippen LogP contribution in [0.4, 0.5) is 5.95 Å². The lowest BCUT2D eigenvalue weighted by molar-refractivity contribution is -0.117. The summed E-state index contributed by atoms with van der Waals surface area (Å²) in [5.41, 5.74) is 0.663. The molecule has 1 aliphatic heterocycles. The maximum atomic E-state index is 11.8. The van der Waals surface area contributed by atoms with E-state index in [9.17, 15) is 4.79 Å². The second-order valence-electron chi connectivity index (χ2n) is 4.29. The zero-order valence-corrected chi connectivity index (χ0v) is 10.9. The zero-order chi connectivity index (χ0) is 12.7. The van der Waals surface area contributed by atoms with Crippen molar-refractivity contribution in [1.82, 2.24) is 14.6 Å². The van der Waals surface area contributed by atoms with Crippen LogP contribution < -0.4 is 4.90 Å². The van der Waals surface area contributed by atoms with Gasteiger partial charge in [-0.2, -0.15) is 4.98 Å². The van der Waals surface area contributed by atoms with E-state index < -0.39 is 0 Å². The highest BCUT2D eigenvalue weighted by atomic mass is 35.5. The lowest BCUT2D eigenvalue weighted by Gasteiger charge is -2.10. The molecule has 3 heterocycles. The van der Waals surface area contributed by atoms with Crippen LogP contribution in [0.15, 0.2) is 18.3 Å². The maximum Gasteiger partial charge on any atom is 0.252 e. The Bertz CT molecular complexity index is 612. The van der Waals surface area contributed by atoms with Gasteiger partial charge in [0.15, 0.2) is 5.65 Å². The fourth-order valence-electron chi connectivity index (χ4n) is 2.04. The Labute approximate surface area is 113 Å². The normalized spacial score (nSPS) is 20.0. The lowest BCUT2D eigenvalue weighted by Crippen LogP contribution is -2.25. The minimum atomic E-state index is 0.0163. The third-order valence-electron chi connectivity index (χ3n) is 2.95. The van der Waals surface area contributed by atoms with Crippen molar-refractivity contribution >= 4 is 40.7 Å². The van der Waals surface area contributed by atoms with Gasteiger partial charge in [0, 0.05) is 25.0 Å². The van der Waals surface area contributed by atoms with E-state index in [-0.39, 0.29) is 11.8 Å². The van der Waals surface area contributed by atoms with Crippen LogP contribution in [-0.4, -0.2) is 32.9 Å². The van der Waals surface area contributed by atoms with Crippen LogP contribution in [-0.2, 0) is 4.79 Å². The molecule has 0 aliphatic carbocycles. The number of aromatic nitrogens is 3. The number of carbonyl (C=O) groups is 1. The highest BCUT2D eigenvalue weighted by molar-refractivity contribution is 6.30. The highest BCUT2D eigenvalue weighted by Crippen LogP contribution is 2.24. The fourth-order valence-corrected chi connectivity index (χ4v) is 2.40. The van der Waals surface area contributed by atoms with E-state index in [0.29, 0.717) is 35.5 Å². The Balaban J connectivity index is 1.97. The Morgan fingerprint density at radius 2 is 2.28 bits per heavy atom. The number of pyridine rings is 1. The molecule has 0 saturated carbocycles. The molecule has 1 amide bonds. The monoisotopic (exact) mass is 284 g/mol. The van der Waals surface area contributed by atoms with E-state index in [1.807, 2.05) is 0 Å². The summed E-state index contributed by atoms with van der Waals surface area (Å²) in [7, 11) is 0. The molecule has 0 aromatic carbocycles. The molecule has 18 heavy (non-hydrogen) atoms. The van der Waals surface area contributed by atoms with E-state index in [1.54, 1.807) is 27.7 Å². The number of fused-ring (bicyclic) bond motifs is 1. The van der Waals surface area contributed by atoms with Crippen molar-refractivity contribution in [2.75, 3.05) is 17.3 Å². The first-order chi connectivity index (χ1) is 8.67. The molecule has 1 atom stereocenters. The number of rotatable bonds is 2. The average Bonchev–Trinajstić information content (AvgIpc) is 2.91. The maximum absolute atomic E-state index is 11.8. The molecule has 94 valence electrons. The number of anilines is 1. The van der Waals surface area contributed by atoms with Crippen LogP contribution in [0, 0.1) is 5.92 Å². The molecule has 1 aliphatic rings. The molecular weight excluding hydrogens is 275 g/mol. The van der Waals surface area contributed by atoms with Gasteiger partial charge < -0.3 is 0 Å². The molecule has 7 heteroatoms. The minimum absolute atomic E-state index is 0.0163. The van der Waals surface area contributed by atoms with Crippen LogP contribution in [0.1, 0.15) is 6.42 Å². The van der Waals surface area contributed by atoms with Gasteiger partial charge in [-0.3, -0.25) is 9.69 Å². The Hall–Kier alpha value is -1.33. The van der Waals surface area contributed by atoms with Crippen molar-refractivity contribution in [3.05, 3.63) is 23.4 Å². The van der Waals surface area contributed by atoms with Crippen LogP contribution in [0.2, 0.25) is 5.02 Å². The Morgan fingerprint density at radius 1 is 1.44 bits per heavy atom. The Kier molecular flexibility index (Phi) is 2.87. The minimum Gasteiger partial charge on any atom is -0.279 e. The molecule has 5 nitrogen and oxygen atoms in total. The fraction of sp³-hybridized carbons (Fsp3) is 0.364. The van der Waals surface area contributed by atoms with Crippen LogP contribution in [0.25, 0.3) is 5.65 Å². The molecule has 3 rings (SSSR count). The summed E-state index contributed by atoms with van der Waals surface area (Å²) < 4.78 is 1.57. The van der Waals surface area contributed by atoms with Crippen LogP contribution >= 0.6 is 23.2 Å². The van der Waals surface area contributed by atoms with E-state index in [1.165, 1.54) is 0 Å². The first-order valence-corrected chi connectivity index (χ1v) is 6.47. The van der Waals surface area contributed by atoms with Crippen LogP contribution in [0.5, 0.6) is 0 Å². The predicted molar refractivity (Wildman–Crippen MR) is 69.2 cm³/mol. The molecule has 0 N–H and O–H groups in total.